The van der Waals surface area contributed by atoms with Crippen LogP contribution in [0.5, 0.6) is 0 Å². The number of aldehydes is 1. The van der Waals surface area contributed by atoms with Crippen LogP contribution in [0.2, 0.25) is 0 Å². The highest BCUT2D eigenvalue weighted by atomic mass is 16.8. The topological polar surface area (TPSA) is 737 Å². The van der Waals surface area contributed by atoms with Gasteiger partial charge in [-0.2, -0.15) is 0 Å². The zero-order chi connectivity index (χ0) is 104. The van der Waals surface area contributed by atoms with Gasteiger partial charge in [-0.05, 0) is 130 Å². The molecule has 0 aromatic rings. The van der Waals surface area contributed by atoms with E-state index in [1.54, 1.807) is 27.7 Å². The molecule has 54 atom stereocenters. The van der Waals surface area contributed by atoms with Gasteiger partial charge in [-0.1, -0.05) is 93.7 Å². The number of aliphatic carboxylic acids is 1. The van der Waals surface area contributed by atoms with E-state index >= 15 is 4.79 Å². The molecule has 47 nitrogen and oxygen atoms in total. The summed E-state index contributed by atoms with van der Waals surface area (Å²) in [6, 6.07) is 0. The molecule has 8 saturated heterocycles. The monoisotopic (exact) mass is 2030 g/mol. The molecule has 0 radical (unpaired) electrons. The van der Waals surface area contributed by atoms with Crippen molar-refractivity contribution in [2.75, 3.05) is 26.4 Å². The summed E-state index contributed by atoms with van der Waals surface area (Å²) in [7, 11) is 0. The van der Waals surface area contributed by atoms with Crippen molar-refractivity contribution in [3.63, 3.8) is 0 Å². The molecule has 13 rings (SSSR count). The van der Waals surface area contributed by atoms with Crippen LogP contribution in [0.15, 0.2) is 11.6 Å². The van der Waals surface area contributed by atoms with Crippen molar-refractivity contribution >= 4 is 30.2 Å². The fraction of sp³-hybridized carbons (Fsp3) is 0.926. The summed E-state index contributed by atoms with van der Waals surface area (Å²) in [6.45, 7) is 19.8. The first-order valence-corrected chi connectivity index (χ1v) is 49.4. The number of fused-ring (bicyclic) bond motifs is 7. The Kier molecular flexibility index (Phi) is 36.8. The molecule has 0 aromatic heterocycles. The number of aliphatic hydroxyl groups excluding tert-OH is 23. The Hall–Kier alpha value is -4.23. The minimum atomic E-state index is -2.33. The summed E-state index contributed by atoms with van der Waals surface area (Å²) in [5.41, 5.74) is -5.85. The lowest BCUT2D eigenvalue weighted by molar-refractivity contribution is -0.395. The van der Waals surface area contributed by atoms with E-state index in [1.807, 2.05) is 27.7 Å². The third-order valence-corrected chi connectivity index (χ3v) is 33.9. The molecule has 8 aliphatic heterocycles. The van der Waals surface area contributed by atoms with Crippen LogP contribution in [0, 0.1) is 62.1 Å². The molecular weight excluding hydrogens is 1880 g/mol. The third-order valence-electron chi connectivity index (χ3n) is 33.9. The Morgan fingerprint density at radius 2 is 0.943 bits per heavy atom. The van der Waals surface area contributed by atoms with E-state index in [0.717, 1.165) is 11.9 Å². The summed E-state index contributed by atoms with van der Waals surface area (Å²) in [5.74, 6) is -7.69. The van der Waals surface area contributed by atoms with E-state index in [-0.39, 0.29) is 56.8 Å². The van der Waals surface area contributed by atoms with E-state index in [2.05, 4.69) is 19.9 Å². The van der Waals surface area contributed by atoms with Crippen LogP contribution in [0.1, 0.15) is 186 Å². The van der Waals surface area contributed by atoms with Crippen LogP contribution in [0.4, 0.5) is 0 Å². The number of hydrogen-bond acceptors (Lipinski definition) is 46. The molecule has 12 fully saturated rings. The minimum absolute atomic E-state index is 0.0150. The van der Waals surface area contributed by atoms with Gasteiger partial charge in [0.1, 0.15) is 164 Å². The lowest BCUT2D eigenvalue weighted by atomic mass is 9.33. The van der Waals surface area contributed by atoms with Crippen molar-refractivity contribution in [1.82, 2.24) is 0 Å². The van der Waals surface area contributed by atoms with Crippen molar-refractivity contribution in [2.45, 2.75) is 456 Å². The van der Waals surface area contributed by atoms with E-state index in [0.29, 0.717) is 32.1 Å². The van der Waals surface area contributed by atoms with Crippen molar-refractivity contribution in [3.8, 4) is 0 Å². The van der Waals surface area contributed by atoms with Crippen LogP contribution in [-0.4, -0.2) is 449 Å². The molecule has 4 saturated carbocycles. The molecule has 141 heavy (non-hydrogen) atoms. The molecule has 0 amide bonds. The number of esters is 3. The van der Waals surface area contributed by atoms with Crippen LogP contribution >= 0.6 is 0 Å². The summed E-state index contributed by atoms with van der Waals surface area (Å²) < 4.78 is 111. The van der Waals surface area contributed by atoms with Crippen LogP contribution in [0.3, 0.4) is 0 Å². The van der Waals surface area contributed by atoms with Gasteiger partial charge in [-0.3, -0.25) is 14.4 Å². The number of ether oxygens (including phenoxy) is 18. The highest BCUT2D eigenvalue weighted by molar-refractivity contribution is 5.80. The molecule has 47 heteroatoms. The van der Waals surface area contributed by atoms with Crippen molar-refractivity contribution < 1.29 is 232 Å². The SMILES string of the molecule is CCC(C)C(CC(O)CC(=O)OC1C(O)C(C)OC(OC(=O)C23CCC(C)(C)CC2C2=CCC4C5(C)CCC(OC6OC(C(=O)O)C(O)C(OC7OC(C)C(O)C(O)C7O)C6OC6OC(CO)C(O)C(O)C6O)C(C)(C=O)C5CCC4(C)C2(C)CC3O)C1OC1OC(C)C(OC2OCC(O)C(O)C2O)C(OC2OC(CO)C(O)C(O)C2O)C1O)OC(=O)CC(O)CC(OC1OC(CO)C(O)C1O)C(C)CC. The van der Waals surface area contributed by atoms with Gasteiger partial charge >= 0.3 is 23.9 Å². The second-order valence-corrected chi connectivity index (χ2v) is 43.3. The Bertz CT molecular complexity index is 4170. The average molecular weight is 2030 g/mol. The second kappa shape index (κ2) is 45.5. The Labute approximate surface area is 815 Å². The van der Waals surface area contributed by atoms with E-state index in [4.69, 9.17) is 85.3 Å². The predicted molar refractivity (Wildman–Crippen MR) is 469 cm³/mol. The maximum absolute atomic E-state index is 16.6. The molecule has 0 spiro atoms. The number of hydrogen-bond donors (Lipinski definition) is 24. The number of carboxylic acids is 1. The molecule has 810 valence electrons. The number of rotatable bonds is 35. The highest BCUT2D eigenvalue weighted by Gasteiger charge is 2.74. The lowest BCUT2D eigenvalue weighted by Crippen LogP contribution is -2.69. The van der Waals surface area contributed by atoms with E-state index in [1.165, 1.54) is 20.8 Å². The Morgan fingerprint density at radius 1 is 0.461 bits per heavy atom. The number of allylic oxidation sites excluding steroid dienone is 2. The second-order valence-electron chi connectivity index (χ2n) is 43.3. The largest absolute Gasteiger partial charge is 0.479 e. The van der Waals surface area contributed by atoms with E-state index < -0.39 is 390 Å². The fourth-order valence-electron chi connectivity index (χ4n) is 24.6. The van der Waals surface area contributed by atoms with Gasteiger partial charge in [0.2, 0.25) is 6.29 Å². The summed E-state index contributed by atoms with van der Waals surface area (Å²) >= 11 is 0. The smallest absolute Gasteiger partial charge is 0.335 e. The molecule has 0 bridgehead atoms. The molecule has 24 N–H and O–H groups in total. The van der Waals surface area contributed by atoms with Crippen molar-refractivity contribution in [1.29, 1.82) is 0 Å². The first kappa shape index (κ1) is 114. The zero-order valence-electron chi connectivity index (χ0n) is 81.5. The Morgan fingerprint density at radius 3 is 1.52 bits per heavy atom. The maximum atomic E-state index is 16.6. The minimum Gasteiger partial charge on any atom is -0.479 e. The highest BCUT2D eigenvalue weighted by Crippen LogP contribution is 2.76. The summed E-state index contributed by atoms with van der Waals surface area (Å²) in [5, 5.41) is 268. The fourth-order valence-corrected chi connectivity index (χ4v) is 24.6. The first-order chi connectivity index (χ1) is 66.2. The maximum Gasteiger partial charge on any atom is 0.335 e. The molecule has 13 aliphatic rings. The van der Waals surface area contributed by atoms with E-state index in [9.17, 15) is 142 Å². The normalized spacial score (nSPS) is 49.1. The zero-order valence-corrected chi connectivity index (χ0v) is 81.5. The van der Waals surface area contributed by atoms with Crippen molar-refractivity contribution in [3.05, 3.63) is 11.6 Å². The van der Waals surface area contributed by atoms with Gasteiger partial charge in [-0.15, -0.1) is 0 Å². The standard InChI is InChI=1S/C94H152O47/c1-14-35(3)45(128-54(103)26-41(100)25-46(36(4)15-2)129-82-66(115)61(110)49(32-97)130-82)24-40(99)27-55(104)134-73-57(106)38(6)126-86(77(73)140-85-71(120)75(137-83-68(117)63(112)59(108)47(30-95)131-83)72(39(7)127-85)135-80-65(114)58(107)44(101)33-124-80)141-88(123)94-23-22-89(8,9)28-43(94)42-16-17-51-90(10)20-19-53(91(11,34-98)50(90)18-21-92(51,12)93(42,13)29-52(94)102)133-87-78(139-84-69(118)64(113)60(109)48(31-96)132-84)74(70(119)76(138-87)79(121)122)136-81-67(116)62(111)56(105)37(5)125-81/h16,34-41,43-53,56-78,80-87,95-97,99-102,105-120H,14-15,17-33H2,1-13H3,(H,121,122). The van der Waals surface area contributed by atoms with Gasteiger partial charge < -0.3 is 213 Å². The number of carboxylic acid groups (broad SMARTS) is 1. The van der Waals surface area contributed by atoms with Gasteiger partial charge in [0.15, 0.2) is 62.3 Å². The van der Waals surface area contributed by atoms with Gasteiger partial charge in [0.05, 0.1) is 93.5 Å². The van der Waals surface area contributed by atoms with Crippen LogP contribution in [-0.2, 0) is 109 Å². The Balaban J connectivity index is 0.795. The molecule has 8 heterocycles. The molecule has 0 aromatic carbocycles. The first-order valence-electron chi connectivity index (χ1n) is 49.4. The van der Waals surface area contributed by atoms with Gasteiger partial charge in [0, 0.05) is 12.8 Å². The van der Waals surface area contributed by atoms with Crippen LogP contribution in [0.25, 0.3) is 0 Å². The number of carbonyl (C=O) groups is 5. The number of carbonyl (C=O) groups excluding carboxylic acids is 4. The third kappa shape index (κ3) is 22.2. The predicted octanol–water partition coefficient (Wildman–Crippen LogP) is -5.94. The molecule has 54 unspecified atom stereocenters. The summed E-state index contributed by atoms with van der Waals surface area (Å²) in [6.07, 6.45) is -76.7. The lowest BCUT2D eigenvalue weighted by Gasteiger charge is -2.71. The average Bonchev–Trinajstić information content (AvgIpc) is 0.802. The summed E-state index contributed by atoms with van der Waals surface area (Å²) in [4.78, 5) is 73.2. The van der Waals surface area contributed by atoms with Gasteiger partial charge in [-0.25, -0.2) is 4.79 Å². The van der Waals surface area contributed by atoms with Gasteiger partial charge in [0.25, 0.3) is 0 Å². The number of aliphatic hydroxyl groups is 23. The molecule has 5 aliphatic carbocycles. The molecular formula is C94H152O47. The quantitative estimate of drug-likeness (QED) is 0.00924. The van der Waals surface area contributed by atoms with Crippen molar-refractivity contribution in [2.24, 2.45) is 62.1 Å². The van der Waals surface area contributed by atoms with Crippen LogP contribution < -0.4 is 0 Å².